The maximum absolute atomic E-state index is 15.4. The molecule has 0 saturated carbocycles. The number of unbranched alkanes of at least 4 members (excludes halogenated alkanes) is 5. The van der Waals surface area contributed by atoms with Gasteiger partial charge in [-0.15, -0.1) is 0 Å². The fourth-order valence-electron chi connectivity index (χ4n) is 16.0. The number of nitrogens with zero attached hydrogens (tertiary/aromatic N) is 4. The van der Waals surface area contributed by atoms with E-state index in [1.165, 1.54) is 23.6 Å². The van der Waals surface area contributed by atoms with Crippen LogP contribution in [0.5, 0.6) is 0 Å². The Kier molecular flexibility index (Phi) is 42.9. The van der Waals surface area contributed by atoms with E-state index in [1.54, 1.807) is 42.7 Å². The van der Waals surface area contributed by atoms with E-state index in [-0.39, 0.29) is 179 Å². The number of rotatable bonds is 34. The predicted molar refractivity (Wildman–Crippen MR) is 482 cm³/mol. The summed E-state index contributed by atoms with van der Waals surface area (Å²) in [7, 11) is 0. The lowest BCUT2D eigenvalue weighted by atomic mass is 9.99. The molecule has 4 aromatic rings. The summed E-state index contributed by atoms with van der Waals surface area (Å²) in [6.07, 6.45) is 7.41. The van der Waals surface area contributed by atoms with Crippen molar-refractivity contribution >= 4 is 116 Å². The number of fused-ring (bicyclic) bond motifs is 4. The van der Waals surface area contributed by atoms with Crippen LogP contribution in [0, 0.1) is 5.92 Å². The van der Waals surface area contributed by atoms with Gasteiger partial charge in [0.25, 0.3) is 0 Å². The molecule has 3 aliphatic heterocycles. The first-order valence-electron chi connectivity index (χ1n) is 44.9. The molecule has 702 valence electrons. The highest BCUT2D eigenvalue weighted by atomic mass is 16.2. The Hall–Kier alpha value is -11.6. The van der Waals surface area contributed by atoms with Crippen molar-refractivity contribution in [2.45, 2.75) is 279 Å². The molecule has 5 heterocycles. The van der Waals surface area contributed by atoms with Crippen LogP contribution in [0.3, 0.4) is 0 Å². The van der Waals surface area contributed by atoms with Crippen LogP contribution < -0.4 is 115 Å². The van der Waals surface area contributed by atoms with Crippen molar-refractivity contribution < 1.29 is 67.1 Å². The first-order chi connectivity index (χ1) is 60.9. The normalized spacial score (nSPS) is 24.6. The highest BCUT2D eigenvalue weighted by molar-refractivity contribution is 6.02. The average molecular weight is 1780 g/mol. The first kappa shape index (κ1) is 103. The van der Waals surface area contributed by atoms with Crippen molar-refractivity contribution in [3.8, 4) is 0 Å². The van der Waals surface area contributed by atoms with Gasteiger partial charge in [-0.25, -0.2) is 0 Å². The van der Waals surface area contributed by atoms with Crippen molar-refractivity contribution in [2.24, 2.45) is 67.5 Å². The molecule has 14 amide bonds. The number of aromatic amines is 2. The average Bonchev–Trinajstić information content (AvgIpc) is 1.67. The second-order valence-electron chi connectivity index (χ2n) is 33.5. The number of carbonyl (C=O) groups excluding carboxylic acids is 14. The molecule has 3 aliphatic rings. The number of hydrogen-bond acceptors (Lipinski definition) is 21. The first-order valence-corrected chi connectivity index (χ1v) is 44.9. The van der Waals surface area contributed by atoms with Crippen LogP contribution in [0.1, 0.15) is 193 Å². The zero-order valence-electron chi connectivity index (χ0n) is 73.9. The minimum Gasteiger partial charge on any atom is -0.370 e. The zero-order chi connectivity index (χ0) is 92.7. The van der Waals surface area contributed by atoms with E-state index in [0.717, 1.165) is 10.9 Å². The monoisotopic (exact) mass is 1770 g/mol. The SMILES string of the molecule is CC(C)C[C@@H]1NC(=O)[C@H](Cc2c[nH]c3ccccc23)NC(=O)[C@H](C)NC(=O)[C@@H]2CCCN2C(=O)[C@H]2CCCN2C(=O)[C@H](CCCCN)NC(=O)[C@H](C)NC(=O)[C@H](CCCCN)NC(=O)[C@H](CCCCN)NC(=O)[C@H](Cc2c[nH]c3ccccc23)NC(=O)[C@H](CCCN=C(N)N)NC(=O)[C@H](CCCN=C(N)N)NC(=O)[C@H](CCCCN)NC(=O)[C@H](CCCCN)NC1=O. The highest BCUT2D eigenvalue weighted by Crippen LogP contribution is 2.28. The summed E-state index contributed by atoms with van der Waals surface area (Å²) < 4.78 is 0. The van der Waals surface area contributed by atoms with Crippen LogP contribution in [-0.4, -0.2) is 258 Å². The summed E-state index contributed by atoms with van der Waals surface area (Å²) in [6.45, 7) is 7.62. The number of benzene rings is 2. The Morgan fingerprint density at radius 1 is 0.346 bits per heavy atom. The molecule has 2 aromatic carbocycles. The minimum absolute atomic E-state index is 0.00267. The molecule has 3 saturated heterocycles. The fraction of sp³-hybridized carbons (Fsp3) is 0.628. The Morgan fingerprint density at radius 2 is 0.638 bits per heavy atom. The number of hydrogen-bond donors (Lipinski definition) is 23. The molecule has 14 atom stereocenters. The molecular weight excluding hydrogens is 1640 g/mol. The number of nitrogens with one attached hydrogen (secondary N) is 14. The quantitative estimate of drug-likeness (QED) is 0.0127. The second-order valence-corrected chi connectivity index (χ2v) is 33.5. The van der Waals surface area contributed by atoms with Crippen LogP contribution in [-0.2, 0) is 80.0 Å². The number of nitrogens with two attached hydrogens (primary N) is 9. The number of amides is 14. The molecule has 7 rings (SSSR count). The smallest absolute Gasteiger partial charge is 0.246 e. The molecule has 0 aliphatic carbocycles. The molecule has 0 bridgehead atoms. The van der Waals surface area contributed by atoms with Crippen LogP contribution in [0.15, 0.2) is 70.9 Å². The van der Waals surface area contributed by atoms with Gasteiger partial charge in [-0.1, -0.05) is 50.2 Å². The molecule has 2 aromatic heterocycles. The van der Waals surface area contributed by atoms with E-state index in [4.69, 9.17) is 51.6 Å². The molecule has 3 fully saturated rings. The van der Waals surface area contributed by atoms with Gasteiger partial charge in [0.1, 0.15) is 84.6 Å². The second kappa shape index (κ2) is 53.2. The number of H-pyrrole nitrogens is 2. The largest absolute Gasteiger partial charge is 0.370 e. The van der Waals surface area contributed by atoms with E-state index in [9.17, 15) is 24.0 Å². The molecule has 127 heavy (non-hydrogen) atoms. The van der Waals surface area contributed by atoms with Crippen molar-refractivity contribution in [3.05, 3.63) is 72.1 Å². The molecule has 32 N–H and O–H groups in total. The highest BCUT2D eigenvalue weighted by Gasteiger charge is 2.45. The molecule has 41 heteroatoms. The lowest BCUT2D eigenvalue weighted by Crippen LogP contribution is -2.61. The van der Waals surface area contributed by atoms with E-state index < -0.39 is 167 Å². The lowest BCUT2D eigenvalue weighted by Gasteiger charge is -2.33. The number of para-hydroxylation sites is 2. The standard InChI is InChI=1S/C86H139N27O14/c1-50(2)45-66-79(122)106-61(29-11-16-38-89)76(119)103-60(28-10-15-37-88)74(117)104-63(32-19-41-96-85(92)93)77(120)105-64(33-20-42-97-86(94)95)78(121)111-68(47-54-49-99-58-26-8-6-24-56(54)58)80(123)107-62(30-12-17-39-90)75(118)102-59(27-9-14-36-87)73(116)100-51(3)71(114)108-65(31-13-18-40-91)83(126)113-44-22-35-70(113)84(127)112-43-21-34-69(112)82(125)101-52(4)72(115)109-67(81(124)110-66)46-53-48-98-57-25-7-5-23-55(53)57/h5-8,23-26,48-52,59-70,98-99H,9-22,27-47,87-91H2,1-4H3,(H,100,116)(H,101,125)(H,102,118)(H,103,119)(H,104,117)(H,105,120)(H,106,122)(H,107,123)(H,108,114)(H,109,115)(H,110,124)(H,111,121)(H4,92,93,96)(H4,94,95,97)/t51-,52-,59-,60-,61-,62-,63-,64-,65-,66-,67-,68-,69-,70+/m0/s1. The van der Waals surface area contributed by atoms with Crippen molar-refractivity contribution in [3.63, 3.8) is 0 Å². The van der Waals surface area contributed by atoms with E-state index in [1.807, 2.05) is 32.0 Å². The van der Waals surface area contributed by atoms with Gasteiger partial charge in [0.05, 0.1) is 0 Å². The van der Waals surface area contributed by atoms with Gasteiger partial charge in [0.2, 0.25) is 82.7 Å². The van der Waals surface area contributed by atoms with E-state index in [0.29, 0.717) is 86.2 Å². The fourth-order valence-corrected chi connectivity index (χ4v) is 16.0. The van der Waals surface area contributed by atoms with Gasteiger partial charge in [-0.05, 0) is 230 Å². The Bertz CT molecular complexity index is 4380. The molecule has 0 radical (unpaired) electrons. The summed E-state index contributed by atoms with van der Waals surface area (Å²) in [5, 5.41) is 35.0. The molecular formula is C86H139N27O14. The van der Waals surface area contributed by atoms with Crippen molar-refractivity contribution in [2.75, 3.05) is 58.9 Å². The van der Waals surface area contributed by atoms with Crippen LogP contribution in [0.2, 0.25) is 0 Å². The predicted octanol–water partition coefficient (Wildman–Crippen LogP) is -2.91. The molecule has 41 nitrogen and oxygen atoms in total. The molecule has 0 unspecified atom stereocenters. The van der Waals surface area contributed by atoms with Gasteiger partial charge in [-0.3, -0.25) is 77.1 Å². The van der Waals surface area contributed by atoms with Crippen LogP contribution >= 0.6 is 0 Å². The number of aromatic nitrogens is 2. The number of carbonyl (C=O) groups is 14. The zero-order valence-corrected chi connectivity index (χ0v) is 73.9. The van der Waals surface area contributed by atoms with Crippen molar-refractivity contribution in [1.29, 1.82) is 0 Å². The summed E-state index contributed by atoms with van der Waals surface area (Å²) >= 11 is 0. The van der Waals surface area contributed by atoms with Crippen LogP contribution in [0.25, 0.3) is 21.8 Å². The summed E-state index contributed by atoms with van der Waals surface area (Å²) in [5.41, 5.74) is 55.3. The minimum atomic E-state index is -1.53. The van der Waals surface area contributed by atoms with Gasteiger partial charge < -0.3 is 135 Å². The third-order valence-electron chi connectivity index (χ3n) is 23.0. The third-order valence-corrected chi connectivity index (χ3v) is 23.0. The Morgan fingerprint density at radius 3 is 1.01 bits per heavy atom. The summed E-state index contributed by atoms with van der Waals surface area (Å²) in [6, 6.07) is -4.60. The Labute approximate surface area is 741 Å². The number of aliphatic imine (C=N–C) groups is 2. The van der Waals surface area contributed by atoms with Gasteiger partial charge >= 0.3 is 0 Å². The van der Waals surface area contributed by atoms with Crippen molar-refractivity contribution in [1.82, 2.24) is 83.6 Å². The maximum atomic E-state index is 15.4. The molecule has 0 spiro atoms. The third kappa shape index (κ3) is 32.4. The van der Waals surface area contributed by atoms with Crippen LogP contribution in [0.4, 0.5) is 0 Å². The van der Waals surface area contributed by atoms with Gasteiger partial charge in [0.15, 0.2) is 11.9 Å². The summed E-state index contributed by atoms with van der Waals surface area (Å²) in [4.78, 5) is 227. The van der Waals surface area contributed by atoms with Gasteiger partial charge in [0, 0.05) is 73.2 Å². The topological polar surface area (TPSA) is 680 Å². The maximum Gasteiger partial charge on any atom is 0.246 e. The number of guanidine groups is 2. The summed E-state index contributed by atoms with van der Waals surface area (Å²) in [5.74, 6) is -11.9. The lowest BCUT2D eigenvalue weighted by molar-refractivity contribution is -0.148. The van der Waals surface area contributed by atoms with E-state index in [2.05, 4.69) is 83.8 Å². The Balaban J connectivity index is 1.31. The van der Waals surface area contributed by atoms with Gasteiger partial charge in [-0.2, -0.15) is 0 Å². The van der Waals surface area contributed by atoms with E-state index >= 15 is 43.2 Å².